The van der Waals surface area contributed by atoms with Crippen molar-refractivity contribution in [3.8, 4) is 11.5 Å². The molecule has 0 bridgehead atoms. The summed E-state index contributed by atoms with van der Waals surface area (Å²) in [5.41, 5.74) is 1.54. The molecule has 1 aliphatic rings. The maximum atomic E-state index is 12.6. The summed E-state index contributed by atoms with van der Waals surface area (Å²) < 4.78 is 5.84. The van der Waals surface area contributed by atoms with E-state index in [0.29, 0.717) is 35.6 Å². The fourth-order valence-electron chi connectivity index (χ4n) is 3.02. The number of aromatic nitrogens is 2. The fraction of sp³-hybridized carbons (Fsp3) is 0.278. The van der Waals surface area contributed by atoms with Crippen LogP contribution in [0, 0.1) is 0 Å². The monoisotopic (exact) mass is 388 g/mol. The lowest BCUT2D eigenvalue weighted by molar-refractivity contribution is 0.187. The zero-order valence-corrected chi connectivity index (χ0v) is 15.5. The van der Waals surface area contributed by atoms with E-state index in [9.17, 15) is 4.79 Å². The average Bonchev–Trinajstić information content (AvgIpc) is 3.35. The number of hydrogen-bond acceptors (Lipinski definition) is 5. The minimum absolute atomic E-state index is 0.0423. The van der Waals surface area contributed by atoms with Gasteiger partial charge in [0.25, 0.3) is 0 Å². The molecule has 1 atom stereocenters. The number of hydrogen-bond donors (Lipinski definition) is 1. The zero-order chi connectivity index (χ0) is 17.9. The van der Waals surface area contributed by atoms with E-state index in [1.807, 2.05) is 29.0 Å². The van der Waals surface area contributed by atoms with Crippen molar-refractivity contribution in [2.75, 3.05) is 18.4 Å². The molecule has 0 radical (unpaired) electrons. The van der Waals surface area contributed by atoms with Crippen LogP contribution in [-0.4, -0.2) is 34.2 Å². The molecule has 3 aromatic rings. The third kappa shape index (κ3) is 3.59. The highest BCUT2D eigenvalue weighted by Crippen LogP contribution is 2.29. The fourth-order valence-corrected chi connectivity index (χ4v) is 3.84. The first-order valence-corrected chi connectivity index (χ1v) is 9.69. The third-order valence-electron chi connectivity index (χ3n) is 4.38. The number of rotatable bonds is 3. The largest absolute Gasteiger partial charge is 0.420 e. The lowest BCUT2D eigenvalue weighted by Crippen LogP contribution is -2.41. The van der Waals surface area contributed by atoms with Gasteiger partial charge in [0, 0.05) is 24.0 Å². The van der Waals surface area contributed by atoms with Crippen molar-refractivity contribution in [1.29, 1.82) is 0 Å². The van der Waals surface area contributed by atoms with Crippen LogP contribution < -0.4 is 5.32 Å². The van der Waals surface area contributed by atoms with Crippen LogP contribution in [0.4, 0.5) is 10.5 Å². The van der Waals surface area contributed by atoms with E-state index in [0.717, 1.165) is 18.4 Å². The molecule has 1 aliphatic heterocycles. The van der Waals surface area contributed by atoms with E-state index in [1.165, 1.54) is 0 Å². The number of urea groups is 1. The molecule has 1 N–H and O–H groups in total. The quantitative estimate of drug-likeness (QED) is 0.695. The Bertz CT molecular complexity index is 896. The van der Waals surface area contributed by atoms with Crippen molar-refractivity contribution < 1.29 is 9.21 Å². The standard InChI is InChI=1S/C18H17ClN4O2S/c19-14-5-1-2-6-15(14)20-18(24)23-8-3-4-12(10-23)16-21-22-17(25-16)13-7-9-26-11-13/h1-2,5-7,9,11-12H,3-4,8,10H2,(H,20,24). The number of nitrogens with one attached hydrogen (secondary N) is 1. The number of benzene rings is 1. The van der Waals surface area contributed by atoms with Gasteiger partial charge in [-0.15, -0.1) is 10.2 Å². The Morgan fingerprint density at radius 1 is 1.31 bits per heavy atom. The molecule has 0 aliphatic carbocycles. The molecule has 0 saturated carbocycles. The summed E-state index contributed by atoms with van der Waals surface area (Å²) in [7, 11) is 0. The number of thiophene rings is 1. The molecule has 0 spiro atoms. The van der Waals surface area contributed by atoms with Gasteiger partial charge in [-0.25, -0.2) is 4.79 Å². The van der Waals surface area contributed by atoms with Crippen molar-refractivity contribution in [2.45, 2.75) is 18.8 Å². The van der Waals surface area contributed by atoms with E-state index in [2.05, 4.69) is 15.5 Å². The maximum absolute atomic E-state index is 12.6. The first kappa shape index (κ1) is 17.1. The van der Waals surface area contributed by atoms with Gasteiger partial charge in [0.1, 0.15) is 0 Å². The first-order valence-electron chi connectivity index (χ1n) is 8.37. The summed E-state index contributed by atoms with van der Waals surface area (Å²) in [6.45, 7) is 1.24. The number of anilines is 1. The van der Waals surface area contributed by atoms with Crippen LogP contribution >= 0.6 is 22.9 Å². The van der Waals surface area contributed by atoms with Crippen molar-refractivity contribution in [2.24, 2.45) is 0 Å². The lowest BCUT2D eigenvalue weighted by Gasteiger charge is -2.31. The van der Waals surface area contributed by atoms with E-state index in [-0.39, 0.29) is 11.9 Å². The molecule has 1 saturated heterocycles. The topological polar surface area (TPSA) is 71.3 Å². The van der Waals surface area contributed by atoms with Crippen molar-refractivity contribution in [3.63, 3.8) is 0 Å². The predicted octanol–water partition coefficient (Wildman–Crippen LogP) is 4.86. The van der Waals surface area contributed by atoms with E-state index in [1.54, 1.807) is 28.4 Å². The Kier molecular flexibility index (Phi) is 4.90. The van der Waals surface area contributed by atoms with Gasteiger partial charge in [-0.3, -0.25) is 0 Å². The molecule has 26 heavy (non-hydrogen) atoms. The lowest BCUT2D eigenvalue weighted by atomic mass is 9.98. The summed E-state index contributed by atoms with van der Waals surface area (Å²) in [6.07, 6.45) is 1.80. The number of likely N-dealkylation sites (tertiary alicyclic amines) is 1. The van der Waals surface area contributed by atoms with Crippen LogP contribution in [-0.2, 0) is 0 Å². The van der Waals surface area contributed by atoms with E-state index in [4.69, 9.17) is 16.0 Å². The molecule has 8 heteroatoms. The second kappa shape index (κ2) is 7.47. The molecule has 1 aromatic carbocycles. The molecule has 1 fully saturated rings. The van der Waals surface area contributed by atoms with Crippen LogP contribution in [0.3, 0.4) is 0 Å². The predicted molar refractivity (Wildman–Crippen MR) is 102 cm³/mol. The van der Waals surface area contributed by atoms with Gasteiger partial charge in [-0.05, 0) is 36.4 Å². The van der Waals surface area contributed by atoms with Crippen LogP contribution in [0.25, 0.3) is 11.5 Å². The Morgan fingerprint density at radius 3 is 3.00 bits per heavy atom. The van der Waals surface area contributed by atoms with Gasteiger partial charge in [0.2, 0.25) is 11.8 Å². The number of nitrogens with zero attached hydrogens (tertiary/aromatic N) is 3. The van der Waals surface area contributed by atoms with Gasteiger partial charge < -0.3 is 14.6 Å². The molecule has 6 nitrogen and oxygen atoms in total. The van der Waals surface area contributed by atoms with Gasteiger partial charge in [0.05, 0.1) is 16.6 Å². The number of piperidine rings is 1. The van der Waals surface area contributed by atoms with Gasteiger partial charge in [-0.2, -0.15) is 11.3 Å². The number of halogens is 1. The average molecular weight is 389 g/mol. The number of carbonyl (C=O) groups excluding carboxylic acids is 1. The minimum Gasteiger partial charge on any atom is -0.420 e. The van der Waals surface area contributed by atoms with Crippen LogP contribution in [0.1, 0.15) is 24.7 Å². The Morgan fingerprint density at radius 2 is 2.19 bits per heavy atom. The van der Waals surface area contributed by atoms with Gasteiger partial charge in [-0.1, -0.05) is 23.7 Å². The van der Waals surface area contributed by atoms with Crippen LogP contribution in [0.5, 0.6) is 0 Å². The molecule has 3 heterocycles. The normalized spacial score (nSPS) is 17.3. The van der Waals surface area contributed by atoms with E-state index >= 15 is 0 Å². The second-order valence-electron chi connectivity index (χ2n) is 6.15. The molecule has 2 aromatic heterocycles. The van der Waals surface area contributed by atoms with E-state index < -0.39 is 0 Å². The van der Waals surface area contributed by atoms with Crippen molar-refractivity contribution in [1.82, 2.24) is 15.1 Å². The van der Waals surface area contributed by atoms with Gasteiger partial charge in [0.15, 0.2) is 0 Å². The summed E-state index contributed by atoms with van der Waals surface area (Å²) in [5.74, 6) is 1.15. The molecular formula is C18H17ClN4O2S. The smallest absolute Gasteiger partial charge is 0.321 e. The molecular weight excluding hydrogens is 372 g/mol. The first-order chi connectivity index (χ1) is 12.7. The maximum Gasteiger partial charge on any atom is 0.321 e. The van der Waals surface area contributed by atoms with Gasteiger partial charge >= 0.3 is 6.03 Å². The zero-order valence-electron chi connectivity index (χ0n) is 13.9. The second-order valence-corrected chi connectivity index (χ2v) is 7.34. The van der Waals surface area contributed by atoms with Crippen molar-refractivity contribution >= 4 is 34.7 Å². The molecule has 134 valence electrons. The molecule has 4 rings (SSSR count). The summed E-state index contributed by atoms with van der Waals surface area (Å²) in [6, 6.07) is 8.99. The molecule has 2 amide bonds. The minimum atomic E-state index is -0.166. The van der Waals surface area contributed by atoms with Crippen LogP contribution in [0.15, 0.2) is 45.5 Å². The Hall–Kier alpha value is -2.38. The number of carbonyl (C=O) groups is 1. The van der Waals surface area contributed by atoms with Crippen LogP contribution in [0.2, 0.25) is 5.02 Å². The highest BCUT2D eigenvalue weighted by molar-refractivity contribution is 7.08. The number of amides is 2. The summed E-state index contributed by atoms with van der Waals surface area (Å²) >= 11 is 7.70. The summed E-state index contributed by atoms with van der Waals surface area (Å²) in [4.78, 5) is 14.3. The van der Waals surface area contributed by atoms with Crippen molar-refractivity contribution in [3.05, 3.63) is 52.0 Å². The molecule has 1 unspecified atom stereocenters. The Balaban J connectivity index is 1.44. The highest BCUT2D eigenvalue weighted by atomic mass is 35.5. The third-order valence-corrected chi connectivity index (χ3v) is 5.39. The Labute approximate surface area is 159 Å². The highest BCUT2D eigenvalue weighted by Gasteiger charge is 2.28. The summed E-state index contributed by atoms with van der Waals surface area (Å²) in [5, 5.41) is 15.7. The SMILES string of the molecule is O=C(Nc1ccccc1Cl)N1CCCC(c2nnc(-c3ccsc3)o2)C1. The number of para-hydroxylation sites is 1.